The summed E-state index contributed by atoms with van der Waals surface area (Å²) in [5.74, 6) is -0.648. The number of furan rings is 1. The Morgan fingerprint density at radius 3 is 2.63 bits per heavy atom. The van der Waals surface area contributed by atoms with E-state index >= 15 is 0 Å². The summed E-state index contributed by atoms with van der Waals surface area (Å²) in [7, 11) is 1.45. The first-order valence-electron chi connectivity index (χ1n) is 7.78. The van der Waals surface area contributed by atoms with Crippen molar-refractivity contribution in [3.05, 3.63) is 57.8 Å². The highest BCUT2D eigenvalue weighted by Gasteiger charge is 2.12. The number of amides is 2. The van der Waals surface area contributed by atoms with E-state index in [1.165, 1.54) is 37.5 Å². The molecular formula is C17H17N3O7. The van der Waals surface area contributed by atoms with Gasteiger partial charge in [-0.25, -0.2) is 0 Å². The molecule has 0 fully saturated rings. The summed E-state index contributed by atoms with van der Waals surface area (Å²) >= 11 is 0. The molecule has 0 saturated carbocycles. The predicted octanol–water partition coefficient (Wildman–Crippen LogP) is 2.07. The highest BCUT2D eigenvalue weighted by atomic mass is 16.6. The number of carbonyl (C=O) groups is 2. The highest BCUT2D eigenvalue weighted by molar-refractivity contribution is 5.98. The van der Waals surface area contributed by atoms with Crippen LogP contribution in [0, 0.1) is 10.1 Å². The first-order valence-corrected chi connectivity index (χ1v) is 7.78. The zero-order valence-corrected chi connectivity index (χ0v) is 14.6. The molecule has 0 atom stereocenters. The Kier molecular flexibility index (Phi) is 6.53. The van der Waals surface area contributed by atoms with Gasteiger partial charge in [-0.3, -0.25) is 30.6 Å². The molecule has 0 aliphatic rings. The van der Waals surface area contributed by atoms with Gasteiger partial charge in [-0.05, 0) is 37.3 Å². The molecule has 0 bridgehead atoms. The van der Waals surface area contributed by atoms with Crippen LogP contribution in [0.15, 0.2) is 40.8 Å². The van der Waals surface area contributed by atoms with Crippen LogP contribution >= 0.6 is 0 Å². The van der Waals surface area contributed by atoms with Gasteiger partial charge < -0.3 is 13.9 Å². The molecule has 0 unspecified atom stereocenters. The number of hydrazine groups is 1. The van der Waals surface area contributed by atoms with E-state index in [0.29, 0.717) is 18.1 Å². The summed E-state index contributed by atoms with van der Waals surface area (Å²) < 4.78 is 15.4. The SMILES string of the molecule is CCOc1ccc(C(=O)NNC(=O)/C=C/c2ccc([N+](=O)[O-])o2)cc1OC. The average molecular weight is 375 g/mol. The molecule has 1 aromatic heterocycles. The van der Waals surface area contributed by atoms with Crippen molar-refractivity contribution >= 4 is 23.8 Å². The van der Waals surface area contributed by atoms with Gasteiger partial charge >= 0.3 is 5.88 Å². The summed E-state index contributed by atoms with van der Waals surface area (Å²) in [5, 5.41) is 10.5. The zero-order chi connectivity index (χ0) is 19.8. The Bertz CT molecular complexity index is 873. The fourth-order valence-electron chi connectivity index (χ4n) is 2.00. The van der Waals surface area contributed by atoms with E-state index in [-0.39, 0.29) is 11.3 Å². The largest absolute Gasteiger partial charge is 0.493 e. The molecule has 2 N–H and O–H groups in total. The highest BCUT2D eigenvalue weighted by Crippen LogP contribution is 2.27. The number of hydrogen-bond donors (Lipinski definition) is 2. The maximum absolute atomic E-state index is 12.1. The van der Waals surface area contributed by atoms with Crippen LogP contribution in [0.4, 0.5) is 5.88 Å². The number of benzene rings is 1. The van der Waals surface area contributed by atoms with Crippen molar-refractivity contribution in [1.29, 1.82) is 0 Å². The van der Waals surface area contributed by atoms with E-state index in [2.05, 4.69) is 10.9 Å². The van der Waals surface area contributed by atoms with Crippen LogP contribution < -0.4 is 20.3 Å². The number of nitrogens with zero attached hydrogens (tertiary/aromatic N) is 1. The molecule has 27 heavy (non-hydrogen) atoms. The van der Waals surface area contributed by atoms with E-state index in [1.807, 2.05) is 6.92 Å². The van der Waals surface area contributed by atoms with Crippen LogP contribution in [0.1, 0.15) is 23.0 Å². The monoisotopic (exact) mass is 375 g/mol. The maximum atomic E-state index is 12.1. The van der Waals surface area contributed by atoms with E-state index < -0.39 is 22.6 Å². The average Bonchev–Trinajstić information content (AvgIpc) is 3.14. The van der Waals surface area contributed by atoms with Gasteiger partial charge in [0.1, 0.15) is 10.7 Å². The second-order valence-electron chi connectivity index (χ2n) is 5.01. The van der Waals surface area contributed by atoms with E-state index in [9.17, 15) is 19.7 Å². The molecule has 2 rings (SSSR count). The normalized spacial score (nSPS) is 10.4. The van der Waals surface area contributed by atoms with Crippen molar-refractivity contribution < 1.29 is 28.4 Å². The lowest BCUT2D eigenvalue weighted by Crippen LogP contribution is -2.40. The van der Waals surface area contributed by atoms with Crippen LogP contribution in [0.5, 0.6) is 11.5 Å². The second-order valence-corrected chi connectivity index (χ2v) is 5.01. The van der Waals surface area contributed by atoms with Gasteiger partial charge in [0, 0.05) is 11.6 Å². The van der Waals surface area contributed by atoms with Gasteiger partial charge in [0.2, 0.25) is 0 Å². The van der Waals surface area contributed by atoms with E-state index in [1.54, 1.807) is 6.07 Å². The topological polar surface area (TPSA) is 133 Å². The summed E-state index contributed by atoms with van der Waals surface area (Å²) in [4.78, 5) is 33.6. The minimum absolute atomic E-state index is 0.124. The molecule has 10 nitrogen and oxygen atoms in total. The molecule has 0 saturated heterocycles. The van der Waals surface area contributed by atoms with Crippen LogP contribution in [0.3, 0.4) is 0 Å². The Morgan fingerprint density at radius 1 is 1.22 bits per heavy atom. The first-order chi connectivity index (χ1) is 12.9. The van der Waals surface area contributed by atoms with Crippen LogP contribution in [-0.4, -0.2) is 30.5 Å². The Morgan fingerprint density at radius 2 is 2.00 bits per heavy atom. The Labute approximate surface area is 153 Å². The summed E-state index contributed by atoms with van der Waals surface area (Å²) in [5.41, 5.74) is 4.67. The first kappa shape index (κ1) is 19.5. The number of rotatable bonds is 7. The van der Waals surface area contributed by atoms with Crippen LogP contribution in [0.25, 0.3) is 6.08 Å². The zero-order valence-electron chi connectivity index (χ0n) is 14.6. The molecule has 1 aromatic carbocycles. The minimum atomic E-state index is -0.692. The van der Waals surface area contributed by atoms with Gasteiger partial charge in [0.15, 0.2) is 11.5 Å². The van der Waals surface area contributed by atoms with Crippen LogP contribution in [0.2, 0.25) is 0 Å². The number of methoxy groups -OCH3 is 1. The summed E-state index contributed by atoms with van der Waals surface area (Å²) in [6.07, 6.45) is 2.29. The fourth-order valence-corrected chi connectivity index (χ4v) is 2.00. The molecule has 0 aliphatic heterocycles. The lowest BCUT2D eigenvalue weighted by molar-refractivity contribution is -0.402. The summed E-state index contributed by atoms with van der Waals surface area (Å²) in [6.45, 7) is 2.27. The Hall–Kier alpha value is -3.82. The van der Waals surface area contributed by atoms with Gasteiger partial charge in [0.05, 0.1) is 19.8 Å². The van der Waals surface area contributed by atoms with Gasteiger partial charge in [-0.15, -0.1) is 0 Å². The van der Waals surface area contributed by atoms with Gasteiger partial charge in [0.25, 0.3) is 11.8 Å². The fraction of sp³-hybridized carbons (Fsp3) is 0.176. The number of nitro groups is 1. The van der Waals surface area contributed by atoms with Gasteiger partial charge in [-0.1, -0.05) is 0 Å². The number of nitrogens with one attached hydrogen (secondary N) is 2. The molecular weight excluding hydrogens is 358 g/mol. The van der Waals surface area contributed by atoms with E-state index in [4.69, 9.17) is 13.9 Å². The maximum Gasteiger partial charge on any atom is 0.433 e. The third-order valence-electron chi connectivity index (χ3n) is 3.22. The molecule has 2 aromatic rings. The van der Waals surface area contributed by atoms with Crippen LogP contribution in [-0.2, 0) is 4.79 Å². The van der Waals surface area contributed by atoms with Crippen molar-refractivity contribution in [1.82, 2.24) is 10.9 Å². The minimum Gasteiger partial charge on any atom is -0.493 e. The quantitative estimate of drug-likeness (QED) is 0.430. The van der Waals surface area contributed by atoms with Crippen molar-refractivity contribution in [2.75, 3.05) is 13.7 Å². The molecule has 2 amide bonds. The van der Waals surface area contributed by atoms with Crippen molar-refractivity contribution in [3.8, 4) is 11.5 Å². The second kappa shape index (κ2) is 9.04. The molecule has 0 aliphatic carbocycles. The number of ether oxygens (including phenoxy) is 2. The van der Waals surface area contributed by atoms with Crippen molar-refractivity contribution in [2.45, 2.75) is 6.92 Å². The lowest BCUT2D eigenvalue weighted by atomic mass is 10.2. The number of carbonyl (C=O) groups excluding carboxylic acids is 2. The summed E-state index contributed by atoms with van der Waals surface area (Å²) in [6, 6.07) is 7.09. The molecule has 0 radical (unpaired) electrons. The third kappa shape index (κ3) is 5.33. The standard InChI is InChI=1S/C17H17N3O7/c1-3-26-13-7-4-11(10-14(13)25-2)17(22)19-18-15(21)8-5-12-6-9-16(27-12)20(23)24/h4-10H,3H2,1-2H3,(H,18,21)(H,19,22)/b8-5+. The lowest BCUT2D eigenvalue weighted by Gasteiger charge is -2.11. The van der Waals surface area contributed by atoms with Crippen molar-refractivity contribution in [2.24, 2.45) is 0 Å². The molecule has 142 valence electrons. The number of hydrogen-bond acceptors (Lipinski definition) is 7. The van der Waals surface area contributed by atoms with Crippen molar-refractivity contribution in [3.63, 3.8) is 0 Å². The third-order valence-corrected chi connectivity index (χ3v) is 3.22. The molecule has 1 heterocycles. The van der Waals surface area contributed by atoms with E-state index in [0.717, 1.165) is 6.08 Å². The molecule has 0 spiro atoms. The van der Waals surface area contributed by atoms with Gasteiger partial charge in [-0.2, -0.15) is 0 Å². The smallest absolute Gasteiger partial charge is 0.433 e. The Balaban J connectivity index is 1.93. The predicted molar refractivity (Wildman–Crippen MR) is 94.2 cm³/mol. The molecule has 10 heteroatoms.